The summed E-state index contributed by atoms with van der Waals surface area (Å²) in [6, 6.07) is 14.0. The van der Waals surface area contributed by atoms with E-state index in [4.69, 9.17) is 0 Å². The zero-order valence-electron chi connectivity index (χ0n) is 20.4. The predicted molar refractivity (Wildman–Crippen MR) is 126 cm³/mol. The van der Waals surface area contributed by atoms with Gasteiger partial charge in [0.1, 0.15) is 11.5 Å². The molecule has 3 aromatic carbocycles. The number of hydrogen-bond donors (Lipinski definition) is 0. The molecule has 0 fully saturated rings. The van der Waals surface area contributed by atoms with Crippen LogP contribution in [0.5, 0.6) is 11.5 Å². The quantitative estimate of drug-likeness (QED) is 0.248. The third-order valence-electron chi connectivity index (χ3n) is 6.27. The van der Waals surface area contributed by atoms with Crippen LogP contribution in [-0.4, -0.2) is 31.6 Å². The summed E-state index contributed by atoms with van der Waals surface area (Å²) in [6.07, 6.45) is -19.1. The van der Waals surface area contributed by atoms with Gasteiger partial charge in [0, 0.05) is 12.2 Å². The lowest BCUT2D eigenvalue weighted by molar-refractivity contribution is -0.274. The summed E-state index contributed by atoms with van der Waals surface area (Å²) < 4.78 is 138. The number of benzene rings is 3. The van der Waals surface area contributed by atoms with Crippen LogP contribution < -0.4 is 14.4 Å². The summed E-state index contributed by atoms with van der Waals surface area (Å²) in [7, 11) is 0. The lowest BCUT2D eigenvalue weighted by Crippen LogP contribution is -2.36. The Morgan fingerprint density at radius 2 is 1.45 bits per heavy atom. The van der Waals surface area contributed by atoms with Crippen molar-refractivity contribution in [3.8, 4) is 22.6 Å². The smallest absolute Gasteiger partial charge is 0.428 e. The lowest BCUT2D eigenvalue weighted by atomic mass is 9.86. The van der Waals surface area contributed by atoms with Crippen molar-refractivity contribution < 1.29 is 53.4 Å². The van der Waals surface area contributed by atoms with Gasteiger partial charge in [0.2, 0.25) is 0 Å². The van der Waals surface area contributed by atoms with Crippen molar-refractivity contribution in [2.24, 2.45) is 0 Å². The third-order valence-corrected chi connectivity index (χ3v) is 6.27. The van der Waals surface area contributed by atoms with Gasteiger partial charge in [-0.3, -0.25) is 0 Å². The molecule has 1 unspecified atom stereocenters. The Bertz CT molecular complexity index is 1320. The molecular weight excluding hydrogens is 560 g/mol. The number of hydrogen-bond acceptors (Lipinski definition) is 3. The molecule has 1 atom stereocenters. The van der Waals surface area contributed by atoms with Gasteiger partial charge in [0.15, 0.2) is 0 Å². The van der Waals surface area contributed by atoms with Crippen molar-refractivity contribution in [3.05, 3.63) is 77.9 Å². The molecule has 3 nitrogen and oxygen atoms in total. The average molecular weight is 581 g/mol. The zero-order chi connectivity index (χ0) is 29.3. The maximum Gasteiger partial charge on any atom is 0.573 e. The molecule has 0 aromatic heterocycles. The molecule has 216 valence electrons. The molecule has 13 heteroatoms. The van der Waals surface area contributed by atoms with Crippen molar-refractivity contribution in [1.29, 1.82) is 0 Å². The topological polar surface area (TPSA) is 21.7 Å². The number of fused-ring (bicyclic) bond motifs is 1. The molecule has 0 spiro atoms. The number of rotatable bonds is 8. The first-order chi connectivity index (χ1) is 18.6. The van der Waals surface area contributed by atoms with E-state index in [-0.39, 0.29) is 18.4 Å². The minimum absolute atomic E-state index is 0.190. The standard InChI is InChI=1S/C27H21F10NO2/c28-24(29)26(33,34)39-18-6-2-5-17(15-18)22-11-10-21-20(16-4-1-7-19(14-16)40-27(35,36)37)8-3-9-23(21)38(22)13-12-25(30,31)32/h1-9,14-15,22,24H,10-13H2. The van der Waals surface area contributed by atoms with E-state index in [2.05, 4.69) is 9.47 Å². The first-order valence-corrected chi connectivity index (χ1v) is 11.9. The zero-order valence-corrected chi connectivity index (χ0v) is 20.4. The fraction of sp³-hybridized carbons (Fsp3) is 0.333. The van der Waals surface area contributed by atoms with Gasteiger partial charge in [0.25, 0.3) is 0 Å². The number of halogens is 10. The fourth-order valence-electron chi connectivity index (χ4n) is 4.70. The molecule has 0 aliphatic carbocycles. The van der Waals surface area contributed by atoms with Crippen LogP contribution in [0.2, 0.25) is 0 Å². The Hall–Kier alpha value is -3.64. The minimum atomic E-state index is -4.92. The van der Waals surface area contributed by atoms with Gasteiger partial charge in [-0.05, 0) is 65.4 Å². The van der Waals surface area contributed by atoms with Crippen LogP contribution in [0.25, 0.3) is 11.1 Å². The van der Waals surface area contributed by atoms with Crippen LogP contribution in [-0.2, 0) is 6.42 Å². The summed E-state index contributed by atoms with van der Waals surface area (Å²) in [5, 5.41) is 0. The van der Waals surface area contributed by atoms with Crippen LogP contribution in [0, 0.1) is 0 Å². The third kappa shape index (κ3) is 7.11. The predicted octanol–water partition coefficient (Wildman–Crippen LogP) is 8.94. The summed E-state index contributed by atoms with van der Waals surface area (Å²) in [6.45, 7) is -0.528. The van der Waals surface area contributed by atoms with E-state index in [0.29, 0.717) is 22.4 Å². The highest BCUT2D eigenvalue weighted by atomic mass is 19.4. The maximum absolute atomic E-state index is 13.5. The monoisotopic (exact) mass is 581 g/mol. The highest BCUT2D eigenvalue weighted by molar-refractivity contribution is 5.76. The highest BCUT2D eigenvalue weighted by Gasteiger charge is 2.44. The summed E-state index contributed by atoms with van der Waals surface area (Å²) in [5.74, 6) is -1.05. The normalized spacial score (nSPS) is 16.2. The second-order valence-electron chi connectivity index (χ2n) is 9.03. The number of ether oxygens (including phenoxy) is 2. The highest BCUT2D eigenvalue weighted by Crippen LogP contribution is 2.44. The summed E-state index contributed by atoms with van der Waals surface area (Å²) >= 11 is 0. The van der Waals surface area contributed by atoms with Gasteiger partial charge in [-0.15, -0.1) is 13.2 Å². The second kappa shape index (κ2) is 11.1. The van der Waals surface area contributed by atoms with Gasteiger partial charge in [-0.25, -0.2) is 0 Å². The van der Waals surface area contributed by atoms with E-state index in [1.54, 1.807) is 12.1 Å². The van der Waals surface area contributed by atoms with E-state index in [0.717, 1.165) is 18.2 Å². The SMILES string of the molecule is FC(F)C(F)(F)Oc1cccc(C2CCc3c(-c4cccc(OC(F)(F)F)c4)cccc3N2CCC(F)(F)F)c1. The van der Waals surface area contributed by atoms with Crippen molar-refractivity contribution in [2.45, 2.75) is 50.4 Å². The second-order valence-corrected chi connectivity index (χ2v) is 9.03. The molecule has 0 bridgehead atoms. The van der Waals surface area contributed by atoms with E-state index in [1.807, 2.05) is 0 Å². The Balaban J connectivity index is 1.73. The number of nitrogens with zero attached hydrogens (tertiary/aromatic N) is 1. The molecule has 1 aliphatic rings. The molecule has 0 saturated heterocycles. The Labute approximate surface area is 221 Å². The van der Waals surface area contributed by atoms with Gasteiger partial charge in [0.05, 0.1) is 12.5 Å². The van der Waals surface area contributed by atoms with Crippen LogP contribution in [0.4, 0.5) is 49.6 Å². The van der Waals surface area contributed by atoms with Crippen LogP contribution in [0.15, 0.2) is 66.7 Å². The Morgan fingerprint density at radius 1 is 0.800 bits per heavy atom. The molecule has 0 radical (unpaired) electrons. The van der Waals surface area contributed by atoms with E-state index < -0.39 is 55.6 Å². The largest absolute Gasteiger partial charge is 0.573 e. The van der Waals surface area contributed by atoms with Crippen LogP contribution >= 0.6 is 0 Å². The molecule has 1 aliphatic heterocycles. The van der Waals surface area contributed by atoms with Crippen molar-refractivity contribution in [1.82, 2.24) is 0 Å². The maximum atomic E-state index is 13.5. The Kier molecular flexibility index (Phi) is 8.13. The average Bonchev–Trinajstić information content (AvgIpc) is 2.85. The van der Waals surface area contributed by atoms with E-state index in [9.17, 15) is 43.9 Å². The Morgan fingerprint density at radius 3 is 2.10 bits per heavy atom. The van der Waals surface area contributed by atoms with Gasteiger partial charge < -0.3 is 14.4 Å². The van der Waals surface area contributed by atoms with Gasteiger partial charge in [-0.1, -0.05) is 36.4 Å². The number of alkyl halides is 10. The fourth-order valence-corrected chi connectivity index (χ4v) is 4.70. The molecular formula is C27H21F10NO2. The molecule has 0 saturated carbocycles. The van der Waals surface area contributed by atoms with Gasteiger partial charge in [-0.2, -0.15) is 30.7 Å². The summed E-state index contributed by atoms with van der Waals surface area (Å²) in [5.41, 5.74) is 2.03. The molecule has 0 amide bonds. The first-order valence-electron chi connectivity index (χ1n) is 11.9. The van der Waals surface area contributed by atoms with Crippen molar-refractivity contribution >= 4 is 5.69 Å². The summed E-state index contributed by atoms with van der Waals surface area (Å²) in [4.78, 5) is 1.43. The van der Waals surface area contributed by atoms with Crippen LogP contribution in [0.1, 0.15) is 30.0 Å². The molecule has 1 heterocycles. The minimum Gasteiger partial charge on any atom is -0.428 e. The molecule has 40 heavy (non-hydrogen) atoms. The van der Waals surface area contributed by atoms with Crippen molar-refractivity contribution in [3.63, 3.8) is 0 Å². The van der Waals surface area contributed by atoms with Crippen LogP contribution in [0.3, 0.4) is 0 Å². The van der Waals surface area contributed by atoms with Gasteiger partial charge >= 0.3 is 25.1 Å². The number of anilines is 1. The molecule has 4 rings (SSSR count). The molecule has 0 N–H and O–H groups in total. The lowest BCUT2D eigenvalue weighted by Gasteiger charge is -2.40. The molecule has 3 aromatic rings. The first kappa shape index (κ1) is 29.3. The van der Waals surface area contributed by atoms with E-state index >= 15 is 0 Å². The van der Waals surface area contributed by atoms with E-state index in [1.165, 1.54) is 41.3 Å². The van der Waals surface area contributed by atoms with Crippen molar-refractivity contribution in [2.75, 3.05) is 11.4 Å².